The van der Waals surface area contributed by atoms with E-state index in [1.165, 1.54) is 11.1 Å². The van der Waals surface area contributed by atoms with Crippen molar-refractivity contribution in [3.8, 4) is 5.75 Å². The summed E-state index contributed by atoms with van der Waals surface area (Å²) in [4.78, 5) is 25.9. The largest absolute Gasteiger partial charge is 0.491 e. The van der Waals surface area contributed by atoms with Gasteiger partial charge >= 0.3 is 0 Å². The number of hydrogen-bond donors (Lipinski definition) is 1. The van der Waals surface area contributed by atoms with E-state index in [0.29, 0.717) is 23.9 Å². The van der Waals surface area contributed by atoms with Gasteiger partial charge in [-0.1, -0.05) is 36.4 Å². The van der Waals surface area contributed by atoms with Crippen molar-refractivity contribution in [3.63, 3.8) is 0 Å². The number of hydrogen-bond acceptors (Lipinski definition) is 5. The number of carbonyl (C=O) groups excluding carboxylic acids is 1. The highest BCUT2D eigenvalue weighted by atomic mass is 16.5. The van der Waals surface area contributed by atoms with Crippen LogP contribution in [0.15, 0.2) is 70.8 Å². The summed E-state index contributed by atoms with van der Waals surface area (Å²) in [7, 11) is 0. The maximum absolute atomic E-state index is 12.7. The van der Waals surface area contributed by atoms with E-state index in [4.69, 9.17) is 9.73 Å². The van der Waals surface area contributed by atoms with Crippen LogP contribution in [0.1, 0.15) is 35.1 Å². The minimum absolute atomic E-state index is 0.107. The van der Waals surface area contributed by atoms with Crippen molar-refractivity contribution in [2.24, 2.45) is 9.98 Å². The average molecular weight is 528 g/mol. The first-order chi connectivity index (χ1) is 19.0. The number of aliphatic hydroxyl groups is 1. The van der Waals surface area contributed by atoms with Gasteiger partial charge in [0.1, 0.15) is 30.8 Å². The van der Waals surface area contributed by atoms with Gasteiger partial charge < -0.3 is 19.3 Å². The predicted octanol–water partition coefficient (Wildman–Crippen LogP) is 4.00. The number of amides is 1. The summed E-state index contributed by atoms with van der Waals surface area (Å²) in [5, 5.41) is 10.7. The molecule has 1 N–H and O–H groups in total. The molecule has 2 aromatic carbocycles. The predicted molar refractivity (Wildman–Crippen MR) is 154 cm³/mol. The Labute approximate surface area is 230 Å². The monoisotopic (exact) mass is 527 g/mol. The minimum Gasteiger partial charge on any atom is -0.491 e. The number of aliphatic imine (C=N–C) groups is 2. The third-order valence-electron chi connectivity index (χ3n) is 7.47. The van der Waals surface area contributed by atoms with E-state index in [9.17, 15) is 9.90 Å². The molecule has 1 fully saturated rings. The highest BCUT2D eigenvalue weighted by Crippen LogP contribution is 2.24. The average Bonchev–Trinajstić information content (AvgIpc) is 3.61. The molecule has 0 radical (unpaired) electrons. The Balaban J connectivity index is 1.22. The molecular formula is C31H37N5O3. The summed E-state index contributed by atoms with van der Waals surface area (Å²) >= 11 is 0. The summed E-state index contributed by atoms with van der Waals surface area (Å²) in [5.74, 6) is 1.87. The van der Waals surface area contributed by atoms with Gasteiger partial charge in [0.25, 0.3) is 0 Å². The van der Waals surface area contributed by atoms with Crippen molar-refractivity contribution in [2.75, 3.05) is 32.8 Å². The minimum atomic E-state index is -0.608. The zero-order valence-electron chi connectivity index (χ0n) is 22.6. The first-order valence-electron chi connectivity index (χ1n) is 13.7. The van der Waals surface area contributed by atoms with Crippen molar-refractivity contribution < 1.29 is 14.6 Å². The summed E-state index contributed by atoms with van der Waals surface area (Å²) < 4.78 is 7.83. The molecule has 1 aromatic heterocycles. The van der Waals surface area contributed by atoms with E-state index in [-0.39, 0.29) is 19.1 Å². The second kappa shape index (κ2) is 12.4. The molecule has 1 atom stereocenters. The Morgan fingerprint density at radius 3 is 2.67 bits per heavy atom. The lowest BCUT2D eigenvalue weighted by atomic mass is 10.00. The fourth-order valence-corrected chi connectivity index (χ4v) is 5.34. The Hall–Kier alpha value is -3.75. The summed E-state index contributed by atoms with van der Waals surface area (Å²) in [6, 6.07) is 17.9. The molecule has 1 saturated heterocycles. The third-order valence-corrected chi connectivity index (χ3v) is 7.47. The smallest absolute Gasteiger partial charge is 0.242 e. The lowest BCUT2D eigenvalue weighted by molar-refractivity contribution is -0.130. The molecule has 3 heterocycles. The molecule has 1 amide bonds. The SMILES string of the molecule is C=NC(=Nc1c(C)ccn1CC(=O)N1CCCC1)c1cccc(OCC(O)CN2CCc3ccccc3C2)c1. The normalized spacial score (nSPS) is 16.7. The molecule has 2 aliphatic heterocycles. The molecule has 204 valence electrons. The van der Waals surface area contributed by atoms with Gasteiger partial charge in [0, 0.05) is 44.5 Å². The maximum atomic E-state index is 12.7. The van der Waals surface area contributed by atoms with E-state index in [1.807, 2.05) is 52.9 Å². The van der Waals surface area contributed by atoms with Crippen LogP contribution in [0.25, 0.3) is 0 Å². The molecule has 8 nitrogen and oxygen atoms in total. The van der Waals surface area contributed by atoms with E-state index in [2.05, 4.69) is 40.9 Å². The van der Waals surface area contributed by atoms with Gasteiger partial charge in [-0.15, -0.1) is 0 Å². The van der Waals surface area contributed by atoms with Gasteiger partial charge in [-0.3, -0.25) is 9.69 Å². The van der Waals surface area contributed by atoms with Crippen molar-refractivity contribution >= 4 is 24.3 Å². The number of benzene rings is 2. The van der Waals surface area contributed by atoms with Gasteiger partial charge in [0.2, 0.25) is 5.91 Å². The standard InChI is InChI=1S/C31H37N5O3/c1-23-12-17-36(21-29(38)35-14-5-6-15-35)31(23)33-30(32-2)25-10-7-11-28(18-25)39-22-27(37)20-34-16-13-24-8-3-4-9-26(24)19-34/h3-4,7-12,17-18,27,37H,2,5-6,13-16,19-22H2,1H3. The van der Waals surface area contributed by atoms with Crippen LogP contribution in [0.2, 0.25) is 0 Å². The van der Waals surface area contributed by atoms with E-state index in [0.717, 1.165) is 56.6 Å². The topological polar surface area (TPSA) is 82.7 Å². The molecule has 5 rings (SSSR count). The van der Waals surface area contributed by atoms with Gasteiger partial charge in [-0.2, -0.15) is 0 Å². The fraction of sp³-hybridized carbons (Fsp3) is 0.387. The first-order valence-corrected chi connectivity index (χ1v) is 13.7. The summed E-state index contributed by atoms with van der Waals surface area (Å²) in [5.41, 5.74) is 4.43. The number of amidine groups is 1. The van der Waals surface area contributed by atoms with E-state index >= 15 is 0 Å². The Morgan fingerprint density at radius 2 is 1.87 bits per heavy atom. The van der Waals surface area contributed by atoms with Crippen molar-refractivity contribution in [1.29, 1.82) is 0 Å². The number of aryl methyl sites for hydroxylation is 1. The van der Waals surface area contributed by atoms with Crippen LogP contribution in [-0.2, 0) is 24.3 Å². The molecule has 0 aliphatic carbocycles. The van der Waals surface area contributed by atoms with Gasteiger partial charge in [-0.25, -0.2) is 9.98 Å². The quantitative estimate of drug-likeness (QED) is 0.337. The van der Waals surface area contributed by atoms with Gasteiger partial charge in [0.15, 0.2) is 5.84 Å². The highest BCUT2D eigenvalue weighted by Gasteiger charge is 2.20. The molecule has 39 heavy (non-hydrogen) atoms. The Kier molecular flexibility index (Phi) is 8.54. The van der Waals surface area contributed by atoms with Crippen LogP contribution < -0.4 is 4.74 Å². The summed E-state index contributed by atoms with van der Waals surface area (Å²) in [6.45, 7) is 10.1. The van der Waals surface area contributed by atoms with Crippen LogP contribution >= 0.6 is 0 Å². The van der Waals surface area contributed by atoms with Gasteiger partial charge in [0.05, 0.1) is 0 Å². The number of likely N-dealkylation sites (tertiary alicyclic amines) is 1. The number of rotatable bonds is 9. The molecule has 8 heteroatoms. The number of aliphatic hydroxyl groups excluding tert-OH is 1. The lowest BCUT2D eigenvalue weighted by Crippen LogP contribution is -2.38. The third kappa shape index (κ3) is 6.64. The number of aromatic nitrogens is 1. The number of fused-ring (bicyclic) bond motifs is 1. The second-order valence-corrected chi connectivity index (χ2v) is 10.4. The second-order valence-electron chi connectivity index (χ2n) is 10.4. The van der Waals surface area contributed by atoms with E-state index < -0.39 is 6.10 Å². The number of ether oxygens (including phenoxy) is 1. The lowest BCUT2D eigenvalue weighted by Gasteiger charge is -2.30. The van der Waals surface area contributed by atoms with Crippen molar-refractivity contribution in [1.82, 2.24) is 14.4 Å². The molecule has 2 aliphatic rings. The van der Waals surface area contributed by atoms with Crippen LogP contribution in [-0.4, -0.2) is 76.8 Å². The first kappa shape index (κ1) is 26.8. The Bertz CT molecular complexity index is 1340. The molecule has 1 unspecified atom stereocenters. The number of β-amino-alcohol motifs (C(OH)–C–C–N with tert-alkyl or cyclic N) is 1. The number of carbonyl (C=O) groups is 1. The van der Waals surface area contributed by atoms with Crippen LogP contribution in [0, 0.1) is 6.92 Å². The molecule has 3 aromatic rings. The molecule has 0 spiro atoms. The number of nitrogens with zero attached hydrogens (tertiary/aromatic N) is 5. The molecule has 0 bridgehead atoms. The van der Waals surface area contributed by atoms with Crippen LogP contribution in [0.5, 0.6) is 5.75 Å². The zero-order valence-corrected chi connectivity index (χ0v) is 22.6. The maximum Gasteiger partial charge on any atom is 0.242 e. The Morgan fingerprint density at radius 1 is 1.08 bits per heavy atom. The van der Waals surface area contributed by atoms with Crippen molar-refractivity contribution in [3.05, 3.63) is 83.0 Å². The highest BCUT2D eigenvalue weighted by molar-refractivity contribution is 6.03. The zero-order chi connectivity index (χ0) is 27.2. The fourth-order valence-electron chi connectivity index (χ4n) is 5.34. The van der Waals surface area contributed by atoms with Crippen molar-refractivity contribution in [2.45, 2.75) is 45.4 Å². The van der Waals surface area contributed by atoms with Gasteiger partial charge in [-0.05, 0) is 67.8 Å². The van der Waals surface area contributed by atoms with E-state index in [1.54, 1.807) is 0 Å². The molecular weight excluding hydrogens is 490 g/mol. The molecule has 0 saturated carbocycles. The van der Waals surface area contributed by atoms with Crippen LogP contribution in [0.4, 0.5) is 5.82 Å². The summed E-state index contributed by atoms with van der Waals surface area (Å²) in [6.07, 6.45) is 4.41. The van der Waals surface area contributed by atoms with Crippen LogP contribution in [0.3, 0.4) is 0 Å².